The van der Waals surface area contributed by atoms with E-state index in [-0.39, 0.29) is 11.7 Å². The van der Waals surface area contributed by atoms with Crippen molar-refractivity contribution >= 4 is 56.4 Å². The van der Waals surface area contributed by atoms with Crippen LogP contribution in [-0.2, 0) is 4.79 Å². The summed E-state index contributed by atoms with van der Waals surface area (Å²) in [6.07, 6.45) is 0. The lowest BCUT2D eigenvalue weighted by atomic mass is 10.3. The van der Waals surface area contributed by atoms with Gasteiger partial charge in [0, 0.05) is 7.05 Å². The fraction of sp³-hybridized carbons (Fsp3) is 0.200. The number of nitrogens with one attached hydrogen (secondary N) is 2. The number of carbonyl (C=O) groups is 2. The summed E-state index contributed by atoms with van der Waals surface area (Å²) in [5, 5.41) is 16.2. The van der Waals surface area contributed by atoms with Crippen molar-refractivity contribution in [3.63, 3.8) is 0 Å². The molecule has 2 aromatic heterocycles. The minimum absolute atomic E-state index is 0.189. The topological polar surface area (TPSA) is 110 Å². The average Bonchev–Trinajstić information content (AvgIpc) is 3.04. The summed E-state index contributed by atoms with van der Waals surface area (Å²) in [6, 6.07) is 1.58. The van der Waals surface area contributed by atoms with Gasteiger partial charge in [0.2, 0.25) is 11.0 Å². The van der Waals surface area contributed by atoms with E-state index in [9.17, 15) is 9.59 Å². The van der Waals surface area contributed by atoms with Crippen LogP contribution in [0.1, 0.15) is 10.4 Å². The van der Waals surface area contributed by atoms with Crippen LogP contribution in [0.25, 0.3) is 0 Å². The van der Waals surface area contributed by atoms with Crippen molar-refractivity contribution in [3.8, 4) is 0 Å². The third-order valence-electron chi connectivity index (χ3n) is 2.13. The first kappa shape index (κ1) is 14.8. The first-order valence-corrected chi connectivity index (χ1v) is 8.09. The molecule has 2 rings (SSSR count). The van der Waals surface area contributed by atoms with Gasteiger partial charge in [-0.3, -0.25) is 9.59 Å². The number of primary amides is 1. The van der Waals surface area contributed by atoms with Crippen molar-refractivity contribution in [3.05, 3.63) is 17.0 Å². The van der Waals surface area contributed by atoms with Gasteiger partial charge in [-0.2, -0.15) is 0 Å². The van der Waals surface area contributed by atoms with Crippen LogP contribution in [0.15, 0.2) is 15.8 Å². The van der Waals surface area contributed by atoms with Gasteiger partial charge in [-0.1, -0.05) is 23.1 Å². The molecule has 2 aromatic rings. The van der Waals surface area contributed by atoms with Crippen molar-refractivity contribution in [1.29, 1.82) is 0 Å². The summed E-state index contributed by atoms with van der Waals surface area (Å²) < 4.78 is 0.700. The zero-order valence-corrected chi connectivity index (χ0v) is 12.8. The van der Waals surface area contributed by atoms with E-state index in [0.717, 1.165) is 0 Å². The molecule has 0 saturated carbocycles. The summed E-state index contributed by atoms with van der Waals surface area (Å²) >= 11 is 3.91. The quantitative estimate of drug-likeness (QED) is 0.692. The summed E-state index contributed by atoms with van der Waals surface area (Å²) in [4.78, 5) is 22.9. The molecule has 0 unspecified atom stereocenters. The average molecular weight is 329 g/mol. The Hall–Kier alpha value is -1.65. The molecule has 0 aliphatic rings. The van der Waals surface area contributed by atoms with Crippen LogP contribution in [0.5, 0.6) is 0 Å². The fourth-order valence-electron chi connectivity index (χ4n) is 1.26. The fourth-order valence-corrected chi connectivity index (χ4v) is 3.57. The summed E-state index contributed by atoms with van der Waals surface area (Å²) in [6.45, 7) is 0. The van der Waals surface area contributed by atoms with E-state index in [1.165, 1.54) is 34.4 Å². The molecule has 4 N–H and O–H groups in total. The Balaban J connectivity index is 1.89. The molecule has 0 saturated heterocycles. The summed E-state index contributed by atoms with van der Waals surface area (Å²) in [5.41, 5.74) is 5.53. The number of hydrogen-bond acceptors (Lipinski definition) is 8. The van der Waals surface area contributed by atoms with Crippen LogP contribution in [-0.4, -0.2) is 34.8 Å². The molecule has 0 fully saturated rings. The van der Waals surface area contributed by atoms with E-state index >= 15 is 0 Å². The van der Waals surface area contributed by atoms with Gasteiger partial charge >= 0.3 is 0 Å². The number of thiophene rings is 1. The predicted octanol–water partition coefficient (Wildman–Crippen LogP) is 1.47. The van der Waals surface area contributed by atoms with Crippen LogP contribution in [0.2, 0.25) is 0 Å². The second-order valence-electron chi connectivity index (χ2n) is 3.49. The molecular formula is C10H11N5O2S3. The van der Waals surface area contributed by atoms with Gasteiger partial charge in [0.25, 0.3) is 5.91 Å². The zero-order valence-electron chi connectivity index (χ0n) is 10.4. The second kappa shape index (κ2) is 6.68. The molecule has 0 spiro atoms. The van der Waals surface area contributed by atoms with Gasteiger partial charge < -0.3 is 16.4 Å². The highest BCUT2D eigenvalue weighted by molar-refractivity contribution is 8.01. The van der Waals surface area contributed by atoms with Crippen LogP contribution in [0.4, 0.5) is 10.1 Å². The molecular weight excluding hydrogens is 318 g/mol. The van der Waals surface area contributed by atoms with Gasteiger partial charge in [-0.05, 0) is 11.4 Å². The maximum atomic E-state index is 11.8. The van der Waals surface area contributed by atoms with Gasteiger partial charge in [-0.25, -0.2) is 0 Å². The van der Waals surface area contributed by atoms with Crippen LogP contribution in [0.3, 0.4) is 0 Å². The highest BCUT2D eigenvalue weighted by atomic mass is 32.2. The molecule has 7 nitrogen and oxygen atoms in total. The number of thioether (sulfide) groups is 1. The lowest BCUT2D eigenvalue weighted by Crippen LogP contribution is -2.17. The highest BCUT2D eigenvalue weighted by Gasteiger charge is 2.13. The van der Waals surface area contributed by atoms with E-state index in [2.05, 4.69) is 20.8 Å². The van der Waals surface area contributed by atoms with Gasteiger partial charge in [0.05, 0.1) is 11.3 Å². The SMILES string of the molecule is CNc1nnc(SCC(=O)Nc2sccc2C(N)=O)s1. The second-order valence-corrected chi connectivity index (χ2v) is 6.60. The van der Waals surface area contributed by atoms with Crippen LogP contribution >= 0.6 is 34.4 Å². The number of anilines is 2. The van der Waals surface area contributed by atoms with Crippen molar-refractivity contribution in [2.24, 2.45) is 5.73 Å². The molecule has 0 radical (unpaired) electrons. The smallest absolute Gasteiger partial charge is 0.251 e. The minimum Gasteiger partial charge on any atom is -0.366 e. The largest absolute Gasteiger partial charge is 0.366 e. The molecule has 0 atom stereocenters. The Morgan fingerprint density at radius 1 is 1.45 bits per heavy atom. The Kier molecular flexibility index (Phi) is 4.93. The van der Waals surface area contributed by atoms with Crippen LogP contribution < -0.4 is 16.4 Å². The molecule has 10 heteroatoms. The minimum atomic E-state index is -0.558. The zero-order chi connectivity index (χ0) is 14.5. The number of nitrogens with zero attached hydrogens (tertiary/aromatic N) is 2. The lowest BCUT2D eigenvalue weighted by Gasteiger charge is -2.03. The molecule has 0 aliphatic heterocycles. The van der Waals surface area contributed by atoms with Crippen molar-refractivity contribution < 1.29 is 9.59 Å². The highest BCUT2D eigenvalue weighted by Crippen LogP contribution is 2.26. The van der Waals surface area contributed by atoms with E-state index in [0.29, 0.717) is 20.0 Å². The van der Waals surface area contributed by atoms with E-state index in [1.807, 2.05) is 0 Å². The Morgan fingerprint density at radius 2 is 2.25 bits per heavy atom. The van der Waals surface area contributed by atoms with Gasteiger partial charge in [0.15, 0.2) is 4.34 Å². The number of aromatic nitrogens is 2. The molecule has 106 valence electrons. The third kappa shape index (κ3) is 3.68. The number of carbonyl (C=O) groups excluding carboxylic acids is 2. The van der Waals surface area contributed by atoms with Gasteiger partial charge in [0.1, 0.15) is 5.00 Å². The van der Waals surface area contributed by atoms with E-state index < -0.39 is 5.91 Å². The lowest BCUT2D eigenvalue weighted by molar-refractivity contribution is -0.113. The summed E-state index contributed by atoms with van der Waals surface area (Å²) in [7, 11) is 1.75. The molecule has 0 aliphatic carbocycles. The van der Waals surface area contributed by atoms with Crippen molar-refractivity contribution in [2.75, 3.05) is 23.4 Å². The van der Waals surface area contributed by atoms with Crippen LogP contribution in [0, 0.1) is 0 Å². The normalized spacial score (nSPS) is 10.2. The molecule has 0 aromatic carbocycles. The molecule has 2 amide bonds. The summed E-state index contributed by atoms with van der Waals surface area (Å²) in [5.74, 6) is -0.591. The third-order valence-corrected chi connectivity index (χ3v) is 5.03. The Bertz CT molecular complexity index is 624. The maximum absolute atomic E-state index is 11.8. The van der Waals surface area contributed by atoms with Gasteiger partial charge in [-0.15, -0.1) is 21.5 Å². The van der Waals surface area contributed by atoms with Crippen molar-refractivity contribution in [1.82, 2.24) is 10.2 Å². The molecule has 2 heterocycles. The number of hydrogen-bond donors (Lipinski definition) is 3. The first-order chi connectivity index (χ1) is 9.60. The Labute approximate surface area is 127 Å². The van der Waals surface area contributed by atoms with E-state index in [1.54, 1.807) is 18.5 Å². The maximum Gasteiger partial charge on any atom is 0.251 e. The predicted molar refractivity (Wildman–Crippen MR) is 81.6 cm³/mol. The molecule has 20 heavy (non-hydrogen) atoms. The number of rotatable bonds is 6. The standard InChI is InChI=1S/C10H11N5O2S3/c1-12-9-14-15-10(20-9)19-4-6(16)13-8-5(7(11)17)2-3-18-8/h2-3H,4H2,1H3,(H2,11,17)(H,12,14)(H,13,16). The monoisotopic (exact) mass is 329 g/mol. The van der Waals surface area contributed by atoms with E-state index in [4.69, 9.17) is 5.73 Å². The number of nitrogens with two attached hydrogens (primary N) is 1. The molecule has 0 bridgehead atoms. The number of amides is 2. The first-order valence-electron chi connectivity index (χ1n) is 5.41. The Morgan fingerprint density at radius 3 is 2.90 bits per heavy atom. The van der Waals surface area contributed by atoms with Crippen molar-refractivity contribution in [2.45, 2.75) is 4.34 Å².